The molecule has 0 saturated carbocycles. The number of allylic oxidation sites excluding steroid dienone is 20. The second-order valence-corrected chi connectivity index (χ2v) is 22.7. The number of rotatable bonds is 62. The highest BCUT2D eigenvalue weighted by molar-refractivity contribution is 5.71. The molecule has 0 aliphatic rings. The minimum absolute atomic E-state index is 0.0836. The van der Waals surface area contributed by atoms with E-state index in [1.54, 1.807) is 0 Å². The predicted octanol–water partition coefficient (Wildman–Crippen LogP) is 23.9. The van der Waals surface area contributed by atoms with Gasteiger partial charge in [0.05, 0.1) is 0 Å². The van der Waals surface area contributed by atoms with E-state index in [4.69, 9.17) is 14.2 Å². The Morgan fingerprint density at radius 3 is 0.744 bits per heavy atom. The fourth-order valence-electron chi connectivity index (χ4n) is 9.62. The number of carbonyl (C=O) groups excluding carboxylic acids is 3. The zero-order valence-electron chi connectivity index (χ0n) is 53.7. The van der Waals surface area contributed by atoms with Crippen molar-refractivity contribution in [1.29, 1.82) is 0 Å². The fourth-order valence-corrected chi connectivity index (χ4v) is 9.62. The van der Waals surface area contributed by atoms with Gasteiger partial charge in [0, 0.05) is 19.3 Å². The van der Waals surface area contributed by atoms with Gasteiger partial charge < -0.3 is 14.2 Å². The molecule has 6 heteroatoms. The first kappa shape index (κ1) is 77.8. The molecular weight excluding hydrogens is 1010 g/mol. The normalized spacial score (nSPS) is 12.9. The summed E-state index contributed by atoms with van der Waals surface area (Å²) in [5.41, 5.74) is 0. The molecule has 0 radical (unpaired) electrons. The SMILES string of the molecule is CC/C=C\C/C=C\C/C=C\C/C=C\C/C=C\C/C=C\CCCCCCCCC(=O)OCC(COC(=O)CCCCCCCCCCCCCCCCCC)OC(=O)CCCCCCCCCCCC/C=C\C/C=C\C/C=C\C/C=C\CC. The molecule has 0 saturated heterocycles. The third kappa shape index (κ3) is 66.6. The van der Waals surface area contributed by atoms with Crippen molar-refractivity contribution in [2.75, 3.05) is 13.2 Å². The Hall–Kier alpha value is -4.19. The van der Waals surface area contributed by atoms with Gasteiger partial charge in [0.25, 0.3) is 0 Å². The smallest absolute Gasteiger partial charge is 0.306 e. The summed E-state index contributed by atoms with van der Waals surface area (Å²) in [6.45, 7) is 6.43. The molecule has 0 fully saturated rings. The summed E-state index contributed by atoms with van der Waals surface area (Å²) in [6.07, 6.45) is 96.3. The van der Waals surface area contributed by atoms with Crippen molar-refractivity contribution >= 4 is 17.9 Å². The van der Waals surface area contributed by atoms with Crippen LogP contribution in [0.15, 0.2) is 122 Å². The topological polar surface area (TPSA) is 78.9 Å². The average molecular weight is 1140 g/mol. The van der Waals surface area contributed by atoms with Gasteiger partial charge >= 0.3 is 17.9 Å². The van der Waals surface area contributed by atoms with Crippen molar-refractivity contribution in [3.05, 3.63) is 122 Å². The van der Waals surface area contributed by atoms with Crippen LogP contribution >= 0.6 is 0 Å². The van der Waals surface area contributed by atoms with Crippen LogP contribution in [0.1, 0.15) is 323 Å². The Labute approximate surface area is 507 Å². The van der Waals surface area contributed by atoms with Gasteiger partial charge in [-0.25, -0.2) is 0 Å². The fraction of sp³-hybridized carbons (Fsp3) is 0.697. The molecule has 0 aliphatic heterocycles. The summed E-state index contributed by atoms with van der Waals surface area (Å²) in [4.78, 5) is 38.5. The van der Waals surface area contributed by atoms with Crippen LogP contribution in [0.25, 0.3) is 0 Å². The van der Waals surface area contributed by atoms with Crippen LogP contribution in [0.3, 0.4) is 0 Å². The lowest BCUT2D eigenvalue weighted by Crippen LogP contribution is -2.30. The zero-order valence-corrected chi connectivity index (χ0v) is 53.7. The third-order valence-electron chi connectivity index (χ3n) is 14.7. The maximum Gasteiger partial charge on any atom is 0.306 e. The molecule has 1 atom stereocenters. The molecule has 0 aliphatic carbocycles. The van der Waals surface area contributed by atoms with Crippen molar-refractivity contribution in [3.8, 4) is 0 Å². The second kappa shape index (κ2) is 69.3. The molecule has 468 valence electrons. The van der Waals surface area contributed by atoms with E-state index in [1.807, 2.05) is 0 Å². The zero-order chi connectivity index (χ0) is 59.2. The number of ether oxygens (including phenoxy) is 3. The summed E-state index contributed by atoms with van der Waals surface area (Å²) >= 11 is 0. The molecule has 82 heavy (non-hydrogen) atoms. The molecule has 0 rings (SSSR count). The highest BCUT2D eigenvalue weighted by Crippen LogP contribution is 2.17. The molecule has 0 heterocycles. The predicted molar refractivity (Wildman–Crippen MR) is 357 cm³/mol. The van der Waals surface area contributed by atoms with Crippen LogP contribution in [0.5, 0.6) is 0 Å². The molecule has 1 unspecified atom stereocenters. The summed E-state index contributed by atoms with van der Waals surface area (Å²) in [7, 11) is 0. The minimum Gasteiger partial charge on any atom is -0.462 e. The van der Waals surface area contributed by atoms with E-state index < -0.39 is 6.10 Å². The lowest BCUT2D eigenvalue weighted by Gasteiger charge is -2.18. The van der Waals surface area contributed by atoms with Gasteiger partial charge in [-0.05, 0) is 109 Å². The molecule has 6 nitrogen and oxygen atoms in total. The maximum absolute atomic E-state index is 13.0. The molecule has 0 aromatic rings. The van der Waals surface area contributed by atoms with E-state index in [2.05, 4.69) is 142 Å². The van der Waals surface area contributed by atoms with Gasteiger partial charge in [-0.3, -0.25) is 14.4 Å². The molecule has 0 amide bonds. The van der Waals surface area contributed by atoms with E-state index in [0.29, 0.717) is 19.3 Å². The van der Waals surface area contributed by atoms with E-state index >= 15 is 0 Å². The number of unbranched alkanes of at least 4 members (excludes halogenated alkanes) is 31. The van der Waals surface area contributed by atoms with Gasteiger partial charge in [0.2, 0.25) is 0 Å². The monoisotopic (exact) mass is 1140 g/mol. The summed E-state index contributed by atoms with van der Waals surface area (Å²) in [5.74, 6) is -0.891. The number of carbonyl (C=O) groups is 3. The summed E-state index contributed by atoms with van der Waals surface area (Å²) < 4.78 is 17.0. The van der Waals surface area contributed by atoms with Crippen LogP contribution in [0.2, 0.25) is 0 Å². The van der Waals surface area contributed by atoms with Crippen molar-refractivity contribution in [3.63, 3.8) is 0 Å². The van der Waals surface area contributed by atoms with Gasteiger partial charge in [0.1, 0.15) is 13.2 Å². The first-order chi connectivity index (χ1) is 40.5. The second-order valence-electron chi connectivity index (χ2n) is 22.7. The van der Waals surface area contributed by atoms with Crippen molar-refractivity contribution in [2.24, 2.45) is 0 Å². The largest absolute Gasteiger partial charge is 0.462 e. The van der Waals surface area contributed by atoms with Crippen LogP contribution in [-0.4, -0.2) is 37.2 Å². The van der Waals surface area contributed by atoms with E-state index in [1.165, 1.54) is 148 Å². The Morgan fingerprint density at radius 2 is 0.476 bits per heavy atom. The molecule has 0 spiro atoms. The number of hydrogen-bond donors (Lipinski definition) is 0. The molecule has 0 N–H and O–H groups in total. The molecule has 0 aromatic carbocycles. The van der Waals surface area contributed by atoms with E-state index in [9.17, 15) is 14.4 Å². The summed E-state index contributed by atoms with van der Waals surface area (Å²) in [5, 5.41) is 0. The Bertz CT molecular complexity index is 1690. The average Bonchev–Trinajstić information content (AvgIpc) is 3.47. The van der Waals surface area contributed by atoms with E-state index in [0.717, 1.165) is 135 Å². The molecular formula is C76H128O6. The number of hydrogen-bond acceptors (Lipinski definition) is 6. The van der Waals surface area contributed by atoms with Gasteiger partial charge in [-0.15, -0.1) is 0 Å². The van der Waals surface area contributed by atoms with Gasteiger partial charge in [-0.2, -0.15) is 0 Å². The van der Waals surface area contributed by atoms with E-state index in [-0.39, 0.29) is 31.1 Å². The lowest BCUT2D eigenvalue weighted by atomic mass is 10.0. The Morgan fingerprint density at radius 1 is 0.256 bits per heavy atom. The highest BCUT2D eigenvalue weighted by atomic mass is 16.6. The van der Waals surface area contributed by atoms with Crippen molar-refractivity contribution in [1.82, 2.24) is 0 Å². The standard InChI is InChI=1S/C76H128O6/c1-4-7-10-13-16-19-22-25-28-31-33-35-37-38-40-41-43-45-48-51-54-57-60-63-66-69-75(78)81-72-73(71-80-74(77)68-65-62-59-56-53-50-47-30-27-24-21-18-15-12-9-6-3)82-76(79)70-67-64-61-58-55-52-49-46-44-42-39-36-34-32-29-26-23-20-17-14-11-8-5-2/h7-8,10-11,16-17,19-20,25-26,28-29,33-36,38,40,43,45,73H,4-6,9,12-15,18,21-24,27,30-32,37,39,41-42,44,46-72H2,1-3H3/b10-7-,11-8-,19-16-,20-17-,28-25-,29-26-,35-33-,36-34-,40-38-,45-43-. The summed E-state index contributed by atoms with van der Waals surface area (Å²) in [6, 6.07) is 0. The molecule has 0 bridgehead atoms. The quantitative estimate of drug-likeness (QED) is 0.0261. The van der Waals surface area contributed by atoms with Crippen LogP contribution < -0.4 is 0 Å². The lowest BCUT2D eigenvalue weighted by molar-refractivity contribution is -0.167. The minimum atomic E-state index is -0.790. The third-order valence-corrected chi connectivity index (χ3v) is 14.7. The van der Waals surface area contributed by atoms with Gasteiger partial charge in [0.15, 0.2) is 6.10 Å². The Kier molecular flexibility index (Phi) is 65.8. The van der Waals surface area contributed by atoms with Crippen LogP contribution in [0.4, 0.5) is 0 Å². The Balaban J connectivity index is 4.40. The maximum atomic E-state index is 13.0. The highest BCUT2D eigenvalue weighted by Gasteiger charge is 2.19. The molecule has 0 aromatic heterocycles. The number of esters is 3. The first-order valence-electron chi connectivity index (χ1n) is 34.5. The first-order valence-corrected chi connectivity index (χ1v) is 34.5. The van der Waals surface area contributed by atoms with Crippen LogP contribution in [0, 0.1) is 0 Å². The van der Waals surface area contributed by atoms with Crippen molar-refractivity contribution in [2.45, 2.75) is 329 Å². The van der Waals surface area contributed by atoms with Gasteiger partial charge in [-0.1, -0.05) is 316 Å². The van der Waals surface area contributed by atoms with Crippen LogP contribution in [-0.2, 0) is 28.6 Å². The van der Waals surface area contributed by atoms with Crippen molar-refractivity contribution < 1.29 is 28.6 Å².